The zero-order chi connectivity index (χ0) is 13.1. The van der Waals surface area contributed by atoms with Crippen molar-refractivity contribution in [1.29, 1.82) is 0 Å². The zero-order valence-electron chi connectivity index (χ0n) is 10.6. The van der Waals surface area contributed by atoms with Gasteiger partial charge in [-0.05, 0) is 31.9 Å². The fourth-order valence-corrected chi connectivity index (χ4v) is 2.48. The van der Waals surface area contributed by atoms with Crippen LogP contribution in [0.2, 0.25) is 0 Å². The van der Waals surface area contributed by atoms with Crippen LogP contribution in [0.4, 0.5) is 5.69 Å². The lowest BCUT2D eigenvalue weighted by molar-refractivity contribution is -0.122. The molecule has 1 amide bonds. The Kier molecular flexibility index (Phi) is 3.65. The molecule has 4 nitrogen and oxygen atoms in total. The lowest BCUT2D eigenvalue weighted by atomic mass is 9.96. The van der Waals surface area contributed by atoms with Crippen LogP contribution < -0.4 is 10.6 Å². The molecule has 0 bridgehead atoms. The molecule has 1 atom stereocenters. The van der Waals surface area contributed by atoms with Crippen molar-refractivity contribution in [2.24, 2.45) is 11.7 Å². The number of para-hydroxylation sites is 1. The molecule has 0 radical (unpaired) electrons. The number of carbonyl (C=O) groups is 2. The Labute approximate surface area is 107 Å². The van der Waals surface area contributed by atoms with E-state index in [0.29, 0.717) is 12.1 Å². The summed E-state index contributed by atoms with van der Waals surface area (Å²) in [4.78, 5) is 25.0. The molecule has 1 unspecified atom stereocenters. The number of anilines is 1. The van der Waals surface area contributed by atoms with Gasteiger partial charge in [0.25, 0.3) is 0 Å². The molecule has 2 N–H and O–H groups in total. The zero-order valence-corrected chi connectivity index (χ0v) is 10.6. The van der Waals surface area contributed by atoms with Crippen molar-refractivity contribution in [2.75, 3.05) is 18.0 Å². The summed E-state index contributed by atoms with van der Waals surface area (Å²) < 4.78 is 0. The maximum Gasteiger partial charge on any atom is 0.222 e. The highest BCUT2D eigenvalue weighted by Crippen LogP contribution is 2.26. The molecule has 0 saturated carbocycles. The molecule has 1 fully saturated rings. The molecule has 1 aliphatic heterocycles. The first-order chi connectivity index (χ1) is 8.59. The Bertz CT molecular complexity index is 471. The van der Waals surface area contributed by atoms with Crippen molar-refractivity contribution >= 4 is 17.4 Å². The number of ketones is 1. The Morgan fingerprint density at radius 2 is 2.06 bits per heavy atom. The molecule has 0 aliphatic carbocycles. The first-order valence-corrected chi connectivity index (χ1v) is 6.24. The summed E-state index contributed by atoms with van der Waals surface area (Å²) in [6.45, 7) is 3.04. The Balaban J connectivity index is 2.26. The van der Waals surface area contributed by atoms with Crippen molar-refractivity contribution in [1.82, 2.24) is 0 Å². The lowest BCUT2D eigenvalue weighted by Crippen LogP contribution is -2.41. The number of hydrogen-bond donors (Lipinski definition) is 1. The van der Waals surface area contributed by atoms with E-state index in [1.54, 1.807) is 6.92 Å². The van der Waals surface area contributed by atoms with Crippen molar-refractivity contribution < 1.29 is 9.59 Å². The molecule has 2 rings (SSSR count). The largest absolute Gasteiger partial charge is 0.370 e. The van der Waals surface area contributed by atoms with E-state index >= 15 is 0 Å². The summed E-state index contributed by atoms with van der Waals surface area (Å²) in [6.07, 6.45) is 1.77. The van der Waals surface area contributed by atoms with Gasteiger partial charge in [-0.1, -0.05) is 12.1 Å². The molecule has 18 heavy (non-hydrogen) atoms. The number of rotatable bonds is 3. The number of carbonyl (C=O) groups excluding carboxylic acids is 2. The monoisotopic (exact) mass is 246 g/mol. The van der Waals surface area contributed by atoms with Crippen LogP contribution in [0.25, 0.3) is 0 Å². The van der Waals surface area contributed by atoms with Gasteiger partial charge >= 0.3 is 0 Å². The van der Waals surface area contributed by atoms with E-state index in [2.05, 4.69) is 4.90 Å². The maximum atomic E-state index is 11.6. The highest BCUT2D eigenvalue weighted by molar-refractivity contribution is 5.99. The molecule has 1 heterocycles. The number of hydrogen-bond acceptors (Lipinski definition) is 3. The fraction of sp³-hybridized carbons (Fsp3) is 0.429. The smallest absolute Gasteiger partial charge is 0.222 e. The highest BCUT2D eigenvalue weighted by Gasteiger charge is 2.25. The number of Topliss-reactive ketones (excluding diaryl/α,β-unsaturated/α-hetero) is 1. The molecular weight excluding hydrogens is 228 g/mol. The molecule has 96 valence electrons. The summed E-state index contributed by atoms with van der Waals surface area (Å²) in [7, 11) is 0. The number of benzene rings is 1. The van der Waals surface area contributed by atoms with E-state index in [4.69, 9.17) is 5.73 Å². The third kappa shape index (κ3) is 2.53. The van der Waals surface area contributed by atoms with E-state index in [1.165, 1.54) is 0 Å². The number of primary amides is 1. The SMILES string of the molecule is CC(=O)c1ccccc1N1CCCC(C(N)=O)C1. The molecular formula is C14H18N2O2. The van der Waals surface area contributed by atoms with Gasteiger partial charge in [-0.25, -0.2) is 0 Å². The molecule has 1 aliphatic rings. The summed E-state index contributed by atoms with van der Waals surface area (Å²) in [5.41, 5.74) is 7.00. The molecule has 1 aromatic rings. The van der Waals surface area contributed by atoms with E-state index in [0.717, 1.165) is 25.1 Å². The average molecular weight is 246 g/mol. The number of nitrogens with two attached hydrogens (primary N) is 1. The first kappa shape index (κ1) is 12.6. The Hall–Kier alpha value is -1.84. The van der Waals surface area contributed by atoms with Crippen LogP contribution in [-0.4, -0.2) is 24.8 Å². The van der Waals surface area contributed by atoms with Crippen LogP contribution in [-0.2, 0) is 4.79 Å². The predicted molar refractivity (Wildman–Crippen MR) is 70.6 cm³/mol. The normalized spacial score (nSPS) is 19.6. The maximum absolute atomic E-state index is 11.6. The van der Waals surface area contributed by atoms with E-state index in [-0.39, 0.29) is 17.6 Å². The fourth-order valence-electron chi connectivity index (χ4n) is 2.48. The number of amides is 1. The van der Waals surface area contributed by atoms with Crippen molar-refractivity contribution in [3.05, 3.63) is 29.8 Å². The van der Waals surface area contributed by atoms with Crippen LogP contribution in [0.15, 0.2) is 24.3 Å². The van der Waals surface area contributed by atoms with Gasteiger partial charge in [0.1, 0.15) is 0 Å². The molecule has 1 aromatic carbocycles. The number of piperidine rings is 1. The Morgan fingerprint density at radius 3 is 2.72 bits per heavy atom. The van der Waals surface area contributed by atoms with Gasteiger partial charge in [0.2, 0.25) is 5.91 Å². The minimum Gasteiger partial charge on any atom is -0.370 e. The standard InChI is InChI=1S/C14H18N2O2/c1-10(17)12-6-2-3-7-13(12)16-8-4-5-11(9-16)14(15)18/h2-3,6-7,11H,4-5,8-9H2,1H3,(H2,15,18). The van der Waals surface area contributed by atoms with Gasteiger partial charge in [-0.3, -0.25) is 9.59 Å². The second kappa shape index (κ2) is 5.21. The van der Waals surface area contributed by atoms with Gasteiger partial charge in [0.05, 0.1) is 5.92 Å². The topological polar surface area (TPSA) is 63.4 Å². The quantitative estimate of drug-likeness (QED) is 0.824. The number of nitrogens with zero attached hydrogens (tertiary/aromatic N) is 1. The predicted octanol–water partition coefficient (Wildman–Crippen LogP) is 1.59. The summed E-state index contributed by atoms with van der Waals surface area (Å²) in [5.74, 6) is -0.314. The molecule has 1 saturated heterocycles. The van der Waals surface area contributed by atoms with Crippen LogP contribution in [0.5, 0.6) is 0 Å². The third-order valence-corrected chi connectivity index (χ3v) is 3.45. The third-order valence-electron chi connectivity index (χ3n) is 3.45. The minimum absolute atomic E-state index is 0.0480. The van der Waals surface area contributed by atoms with E-state index in [1.807, 2.05) is 24.3 Å². The van der Waals surface area contributed by atoms with Crippen molar-refractivity contribution in [2.45, 2.75) is 19.8 Å². The highest BCUT2D eigenvalue weighted by atomic mass is 16.1. The second-order valence-electron chi connectivity index (χ2n) is 4.76. The molecule has 0 aromatic heterocycles. The van der Waals surface area contributed by atoms with Crippen LogP contribution in [0.3, 0.4) is 0 Å². The average Bonchev–Trinajstić information content (AvgIpc) is 2.39. The van der Waals surface area contributed by atoms with Gasteiger partial charge in [-0.2, -0.15) is 0 Å². The van der Waals surface area contributed by atoms with Crippen molar-refractivity contribution in [3.8, 4) is 0 Å². The first-order valence-electron chi connectivity index (χ1n) is 6.24. The van der Waals surface area contributed by atoms with E-state index < -0.39 is 0 Å². The van der Waals surface area contributed by atoms with Crippen LogP contribution >= 0.6 is 0 Å². The minimum atomic E-state index is -0.250. The van der Waals surface area contributed by atoms with Gasteiger partial charge in [-0.15, -0.1) is 0 Å². The van der Waals surface area contributed by atoms with Crippen LogP contribution in [0.1, 0.15) is 30.1 Å². The van der Waals surface area contributed by atoms with Gasteiger partial charge < -0.3 is 10.6 Å². The molecule has 4 heteroatoms. The van der Waals surface area contributed by atoms with Gasteiger partial charge in [0, 0.05) is 24.3 Å². The Morgan fingerprint density at radius 1 is 1.33 bits per heavy atom. The van der Waals surface area contributed by atoms with Gasteiger partial charge in [0.15, 0.2) is 5.78 Å². The molecule has 0 spiro atoms. The summed E-state index contributed by atoms with van der Waals surface area (Å²) in [5, 5.41) is 0. The lowest BCUT2D eigenvalue weighted by Gasteiger charge is -2.34. The van der Waals surface area contributed by atoms with E-state index in [9.17, 15) is 9.59 Å². The summed E-state index contributed by atoms with van der Waals surface area (Å²) >= 11 is 0. The van der Waals surface area contributed by atoms with Crippen LogP contribution in [0, 0.1) is 5.92 Å². The second-order valence-corrected chi connectivity index (χ2v) is 4.76. The summed E-state index contributed by atoms with van der Waals surface area (Å²) in [6, 6.07) is 7.52. The van der Waals surface area contributed by atoms with Crippen molar-refractivity contribution in [3.63, 3.8) is 0 Å².